The molecule has 2 aliphatic carbocycles. The summed E-state index contributed by atoms with van der Waals surface area (Å²) < 4.78 is 15.6. The fourth-order valence-electron chi connectivity index (χ4n) is 4.42. The molecular weight excluding hydrogens is 368 g/mol. The lowest BCUT2D eigenvalue weighted by atomic mass is 9.70. The highest BCUT2D eigenvalue weighted by Gasteiger charge is 2.62. The Labute approximate surface area is 173 Å². The van der Waals surface area contributed by atoms with E-state index < -0.39 is 12.3 Å². The number of carbonyl (C=O) groups excluding carboxylic acids is 2. The van der Waals surface area contributed by atoms with Crippen LogP contribution in [0.15, 0.2) is 55.6 Å². The first-order chi connectivity index (χ1) is 13.6. The Bertz CT molecular complexity index is 739. The summed E-state index contributed by atoms with van der Waals surface area (Å²) in [5.41, 5.74) is 0.468. The molecule has 0 N–H and O–H groups in total. The summed E-state index contributed by atoms with van der Waals surface area (Å²) in [4.78, 5) is 22.0. The molecule has 1 aromatic carbocycles. The topological polar surface area (TPSA) is 61.8 Å². The molecule has 0 aromatic heterocycles. The van der Waals surface area contributed by atoms with Gasteiger partial charge in [0.15, 0.2) is 0 Å². The Morgan fingerprint density at radius 3 is 2.21 bits per heavy atom. The molecule has 0 saturated heterocycles. The molecule has 3 rings (SSSR count). The average Bonchev–Trinajstić information content (AvgIpc) is 3.02. The Morgan fingerprint density at radius 1 is 1.10 bits per heavy atom. The fraction of sp³-hybridized carbons (Fsp3) is 0.500. The Morgan fingerprint density at radius 2 is 1.72 bits per heavy atom. The molecule has 158 valence electrons. The molecule has 4 atom stereocenters. The lowest BCUT2D eigenvalue weighted by Crippen LogP contribution is -2.38. The Kier molecular flexibility index (Phi) is 7.28. The maximum Gasteiger partial charge on any atom is 0.333 e. The summed E-state index contributed by atoms with van der Waals surface area (Å²) in [5, 5.41) is 0. The minimum absolute atomic E-state index is 0.0942. The van der Waals surface area contributed by atoms with Gasteiger partial charge in [-0.05, 0) is 42.7 Å². The molecule has 0 amide bonds. The Hall–Kier alpha value is -2.56. The molecule has 2 saturated carbocycles. The molecule has 1 unspecified atom stereocenters. The van der Waals surface area contributed by atoms with Gasteiger partial charge in [-0.1, -0.05) is 52.1 Å². The summed E-state index contributed by atoms with van der Waals surface area (Å²) in [6.45, 7) is 15.3. The van der Waals surface area contributed by atoms with Crippen LogP contribution in [0.4, 0.5) is 0 Å². The highest BCUT2D eigenvalue weighted by Crippen LogP contribution is 2.66. The maximum absolute atomic E-state index is 11.3. The first-order valence-electron chi connectivity index (χ1n) is 10.0. The van der Waals surface area contributed by atoms with Gasteiger partial charge in [-0.25, -0.2) is 9.59 Å². The number of fused-ring (bicyclic) bond motifs is 2. The largest absolute Gasteiger partial charge is 0.459 e. The summed E-state index contributed by atoms with van der Waals surface area (Å²) in [6.07, 6.45) is 5.35. The van der Waals surface area contributed by atoms with E-state index in [1.165, 1.54) is 18.9 Å². The van der Waals surface area contributed by atoms with Gasteiger partial charge in [0.05, 0.1) is 0 Å². The highest BCUT2D eigenvalue weighted by atomic mass is 16.7. The lowest BCUT2D eigenvalue weighted by Gasteiger charge is -2.38. The molecule has 0 heterocycles. The minimum atomic E-state index is -0.608. The van der Waals surface area contributed by atoms with Crippen LogP contribution in [0.25, 0.3) is 0 Å². The van der Waals surface area contributed by atoms with Gasteiger partial charge in [0.1, 0.15) is 11.9 Å². The smallest absolute Gasteiger partial charge is 0.333 e. The van der Waals surface area contributed by atoms with Gasteiger partial charge in [0, 0.05) is 24.5 Å². The molecular formula is C24H32O5. The zero-order valence-corrected chi connectivity index (χ0v) is 17.9. The third-order valence-corrected chi connectivity index (χ3v) is 6.63. The molecule has 5 heteroatoms. The molecule has 29 heavy (non-hydrogen) atoms. The standard InChI is InChI=1S/C13H20O2.C11H12O3/c1-5-11(14)15-10-8-9-6-7-13(10,4)12(9,2)3;1-3-11(12)14-9(2)13-10-7-5-4-6-8-10/h5,9-10H,1,6-8H2,2-4H3;3-9H,1H2,2H3/t9-,10-,13+;/m0./s1. The van der Waals surface area contributed by atoms with Gasteiger partial charge in [0.25, 0.3) is 0 Å². The van der Waals surface area contributed by atoms with E-state index in [-0.39, 0.29) is 17.5 Å². The van der Waals surface area contributed by atoms with Crippen LogP contribution < -0.4 is 4.74 Å². The van der Waals surface area contributed by atoms with Crippen molar-refractivity contribution in [1.29, 1.82) is 0 Å². The van der Waals surface area contributed by atoms with Crippen LogP contribution in [0, 0.1) is 16.7 Å². The van der Waals surface area contributed by atoms with Crippen molar-refractivity contribution in [2.75, 3.05) is 0 Å². The third kappa shape index (κ3) is 5.08. The highest BCUT2D eigenvalue weighted by molar-refractivity contribution is 5.81. The number of carbonyl (C=O) groups is 2. The second kappa shape index (κ2) is 9.29. The van der Waals surface area contributed by atoms with E-state index in [1.54, 1.807) is 19.1 Å². The monoisotopic (exact) mass is 400 g/mol. The van der Waals surface area contributed by atoms with Gasteiger partial charge >= 0.3 is 11.9 Å². The lowest BCUT2D eigenvalue weighted by molar-refractivity contribution is -0.155. The van der Waals surface area contributed by atoms with E-state index in [0.717, 1.165) is 12.5 Å². The molecule has 2 fully saturated rings. The average molecular weight is 401 g/mol. The first kappa shape index (κ1) is 22.7. The summed E-state index contributed by atoms with van der Waals surface area (Å²) in [6, 6.07) is 9.15. The third-order valence-electron chi connectivity index (χ3n) is 6.63. The zero-order valence-electron chi connectivity index (χ0n) is 17.9. The van der Waals surface area contributed by atoms with E-state index in [1.807, 2.05) is 18.2 Å². The van der Waals surface area contributed by atoms with Crippen LogP contribution in [0.3, 0.4) is 0 Å². The summed E-state index contributed by atoms with van der Waals surface area (Å²) in [7, 11) is 0. The molecule has 1 aromatic rings. The van der Waals surface area contributed by atoms with Crippen LogP contribution in [0.5, 0.6) is 5.75 Å². The van der Waals surface area contributed by atoms with Gasteiger partial charge in [-0.3, -0.25) is 0 Å². The van der Waals surface area contributed by atoms with Gasteiger partial charge in [-0.2, -0.15) is 0 Å². The van der Waals surface area contributed by atoms with Crippen LogP contribution in [-0.2, 0) is 19.1 Å². The predicted octanol–water partition coefficient (Wildman–Crippen LogP) is 5.07. The zero-order chi connectivity index (χ0) is 21.7. The van der Waals surface area contributed by atoms with Crippen molar-refractivity contribution < 1.29 is 23.8 Å². The van der Waals surface area contributed by atoms with E-state index in [0.29, 0.717) is 17.1 Å². The molecule has 0 radical (unpaired) electrons. The molecule has 5 nitrogen and oxygen atoms in total. The number of hydrogen-bond donors (Lipinski definition) is 0. The van der Waals surface area contributed by atoms with Crippen molar-refractivity contribution in [1.82, 2.24) is 0 Å². The van der Waals surface area contributed by atoms with Crippen LogP contribution in [0.1, 0.15) is 47.0 Å². The SMILES string of the molecule is C=CC(=O)OC(C)Oc1ccccc1.C=CC(=O)O[C@H]1C[C@@H]2CC[C@@]1(C)C2(C)C. The molecule has 0 aliphatic heterocycles. The molecule has 0 spiro atoms. The van der Waals surface area contributed by atoms with Gasteiger partial charge in [0.2, 0.25) is 6.29 Å². The summed E-state index contributed by atoms with van der Waals surface area (Å²) in [5.74, 6) is 0.611. The van der Waals surface area contributed by atoms with Crippen molar-refractivity contribution in [3.8, 4) is 5.75 Å². The molecule has 2 aliphatic rings. The van der Waals surface area contributed by atoms with Gasteiger partial charge < -0.3 is 14.2 Å². The molecule has 2 bridgehead atoms. The van der Waals surface area contributed by atoms with Crippen LogP contribution in [-0.4, -0.2) is 24.3 Å². The number of para-hydroxylation sites is 1. The quantitative estimate of drug-likeness (QED) is 0.379. The van der Waals surface area contributed by atoms with Crippen molar-refractivity contribution in [2.45, 2.75) is 59.4 Å². The second-order valence-corrected chi connectivity index (χ2v) is 8.38. The number of esters is 2. The summed E-state index contributed by atoms with van der Waals surface area (Å²) >= 11 is 0. The van der Waals surface area contributed by atoms with E-state index in [4.69, 9.17) is 14.2 Å². The number of rotatable bonds is 6. The van der Waals surface area contributed by atoms with Crippen molar-refractivity contribution >= 4 is 11.9 Å². The number of ether oxygens (including phenoxy) is 3. The normalized spacial score (nSPS) is 27.0. The Balaban J connectivity index is 0.000000208. The van der Waals surface area contributed by atoms with Crippen molar-refractivity contribution in [3.63, 3.8) is 0 Å². The van der Waals surface area contributed by atoms with Crippen LogP contribution in [0.2, 0.25) is 0 Å². The number of benzene rings is 1. The number of hydrogen-bond acceptors (Lipinski definition) is 5. The van der Waals surface area contributed by atoms with Gasteiger partial charge in [-0.15, -0.1) is 0 Å². The minimum Gasteiger partial charge on any atom is -0.459 e. The predicted molar refractivity (Wildman–Crippen MR) is 112 cm³/mol. The van der Waals surface area contributed by atoms with E-state index in [9.17, 15) is 9.59 Å². The van der Waals surface area contributed by atoms with Crippen LogP contribution >= 0.6 is 0 Å². The second-order valence-electron chi connectivity index (χ2n) is 8.38. The fourth-order valence-corrected chi connectivity index (χ4v) is 4.42. The van der Waals surface area contributed by atoms with E-state index >= 15 is 0 Å². The van der Waals surface area contributed by atoms with Crippen molar-refractivity contribution in [3.05, 3.63) is 55.6 Å². The van der Waals surface area contributed by atoms with E-state index in [2.05, 4.69) is 33.9 Å². The first-order valence-corrected chi connectivity index (χ1v) is 10.0. The van der Waals surface area contributed by atoms with Crippen molar-refractivity contribution in [2.24, 2.45) is 16.7 Å². The maximum atomic E-state index is 11.3.